The first-order valence-corrected chi connectivity index (χ1v) is 9.43. The van der Waals surface area contributed by atoms with Crippen molar-refractivity contribution in [3.8, 4) is 17.2 Å². The highest BCUT2D eigenvalue weighted by molar-refractivity contribution is 7.87. The van der Waals surface area contributed by atoms with Crippen molar-refractivity contribution in [1.82, 2.24) is 4.98 Å². The fourth-order valence-corrected chi connectivity index (χ4v) is 3.48. The van der Waals surface area contributed by atoms with E-state index in [9.17, 15) is 8.42 Å². The summed E-state index contributed by atoms with van der Waals surface area (Å²) in [5, 5.41) is 0.368. The maximum absolute atomic E-state index is 12.0. The van der Waals surface area contributed by atoms with Crippen LogP contribution in [0.15, 0.2) is 40.8 Å². The third-order valence-electron chi connectivity index (χ3n) is 3.39. The lowest BCUT2D eigenvalue weighted by molar-refractivity contribution is 0.484. The first kappa shape index (κ1) is 16.8. The van der Waals surface area contributed by atoms with E-state index in [4.69, 9.17) is 20.2 Å². The number of halogens is 1. The molecule has 0 unspecified atom stereocenters. The van der Waals surface area contributed by atoms with Crippen LogP contribution in [0, 0.1) is 6.92 Å². The number of aryl methyl sites for hydroxylation is 1. The van der Waals surface area contributed by atoms with E-state index in [1.807, 2.05) is 25.1 Å². The van der Waals surface area contributed by atoms with Crippen LogP contribution in [0.25, 0.3) is 22.6 Å². The van der Waals surface area contributed by atoms with Gasteiger partial charge in [-0.15, -0.1) is 0 Å². The number of oxazole rings is 1. The standard InChI is InChI=1S/C17H16ClNO4S/c1-3-8-24(20,21)23-16-10-12(18)5-6-13(16)17-19-14-9-11(2)4-7-15(14)22-17/h4-7,9-10H,3,8H2,1-2H3. The molecule has 7 heteroatoms. The van der Waals surface area contributed by atoms with E-state index in [-0.39, 0.29) is 17.4 Å². The van der Waals surface area contributed by atoms with Gasteiger partial charge in [-0.2, -0.15) is 8.42 Å². The Labute approximate surface area is 145 Å². The summed E-state index contributed by atoms with van der Waals surface area (Å²) < 4.78 is 34.9. The molecule has 0 spiro atoms. The van der Waals surface area contributed by atoms with Crippen molar-refractivity contribution in [2.75, 3.05) is 5.75 Å². The summed E-state index contributed by atoms with van der Waals surface area (Å²) in [4.78, 5) is 4.43. The molecule has 0 saturated carbocycles. The number of aromatic nitrogens is 1. The molecule has 126 valence electrons. The topological polar surface area (TPSA) is 69.4 Å². The predicted octanol–water partition coefficient (Wildman–Crippen LogP) is 4.58. The molecule has 5 nitrogen and oxygen atoms in total. The molecule has 0 bridgehead atoms. The Balaban J connectivity index is 2.09. The second-order valence-corrected chi connectivity index (χ2v) is 7.60. The second-order valence-electron chi connectivity index (χ2n) is 5.48. The number of hydrogen-bond acceptors (Lipinski definition) is 5. The van der Waals surface area contributed by atoms with Crippen LogP contribution >= 0.6 is 11.6 Å². The van der Waals surface area contributed by atoms with Crippen LogP contribution in [-0.4, -0.2) is 19.2 Å². The minimum Gasteiger partial charge on any atom is -0.436 e. The fourth-order valence-electron chi connectivity index (χ4n) is 2.32. The predicted molar refractivity (Wildman–Crippen MR) is 93.9 cm³/mol. The number of nitrogens with zero attached hydrogens (tertiary/aromatic N) is 1. The molecule has 0 radical (unpaired) electrons. The molecular weight excluding hydrogens is 350 g/mol. The molecule has 2 aromatic carbocycles. The van der Waals surface area contributed by atoms with E-state index < -0.39 is 10.1 Å². The summed E-state index contributed by atoms with van der Waals surface area (Å²) >= 11 is 5.98. The van der Waals surface area contributed by atoms with Crippen molar-refractivity contribution >= 4 is 32.8 Å². The van der Waals surface area contributed by atoms with Crippen LogP contribution in [0.2, 0.25) is 5.02 Å². The monoisotopic (exact) mass is 365 g/mol. The van der Waals surface area contributed by atoms with Crippen LogP contribution < -0.4 is 4.18 Å². The highest BCUT2D eigenvalue weighted by Crippen LogP contribution is 2.35. The SMILES string of the molecule is CCCS(=O)(=O)Oc1cc(Cl)ccc1-c1nc2cc(C)ccc2o1. The van der Waals surface area contributed by atoms with E-state index in [0.717, 1.165) is 5.56 Å². The van der Waals surface area contributed by atoms with Crippen LogP contribution in [-0.2, 0) is 10.1 Å². The molecule has 1 heterocycles. The van der Waals surface area contributed by atoms with Gasteiger partial charge in [-0.25, -0.2) is 4.98 Å². The van der Waals surface area contributed by atoms with Crippen molar-refractivity contribution in [3.63, 3.8) is 0 Å². The maximum Gasteiger partial charge on any atom is 0.309 e. The van der Waals surface area contributed by atoms with Gasteiger partial charge in [0, 0.05) is 11.1 Å². The highest BCUT2D eigenvalue weighted by Gasteiger charge is 2.19. The zero-order valence-corrected chi connectivity index (χ0v) is 14.8. The molecule has 3 rings (SSSR count). The van der Waals surface area contributed by atoms with Crippen LogP contribution in [0.1, 0.15) is 18.9 Å². The van der Waals surface area contributed by atoms with Gasteiger partial charge in [-0.1, -0.05) is 24.6 Å². The van der Waals surface area contributed by atoms with Crippen LogP contribution in [0.4, 0.5) is 0 Å². The molecule has 0 aliphatic carbocycles. The summed E-state index contributed by atoms with van der Waals surface area (Å²) in [6, 6.07) is 10.4. The number of hydrogen-bond donors (Lipinski definition) is 0. The molecule has 0 atom stereocenters. The van der Waals surface area contributed by atoms with Gasteiger partial charge >= 0.3 is 10.1 Å². The summed E-state index contributed by atoms with van der Waals surface area (Å²) in [6.45, 7) is 3.73. The zero-order valence-electron chi connectivity index (χ0n) is 13.2. The second kappa shape index (κ2) is 6.45. The first-order valence-electron chi connectivity index (χ1n) is 7.47. The van der Waals surface area contributed by atoms with Gasteiger partial charge < -0.3 is 8.60 Å². The summed E-state index contributed by atoms with van der Waals surface area (Å²) in [5.74, 6) is 0.319. The molecule has 0 aliphatic heterocycles. The minimum absolute atomic E-state index is 0.0777. The number of rotatable bonds is 5. The van der Waals surface area contributed by atoms with E-state index in [1.54, 1.807) is 19.1 Å². The Bertz CT molecular complexity index is 995. The molecule has 0 amide bonds. The number of benzene rings is 2. The molecule has 0 N–H and O–H groups in total. The van der Waals surface area contributed by atoms with E-state index in [2.05, 4.69) is 4.98 Å². The van der Waals surface area contributed by atoms with E-state index >= 15 is 0 Å². The lowest BCUT2D eigenvalue weighted by Gasteiger charge is -2.09. The Hall–Kier alpha value is -2.05. The molecule has 0 fully saturated rings. The maximum atomic E-state index is 12.0. The Kier molecular flexibility index (Phi) is 4.51. The first-order chi connectivity index (χ1) is 11.4. The van der Waals surface area contributed by atoms with Crippen molar-refractivity contribution < 1.29 is 17.0 Å². The average molecular weight is 366 g/mol. The van der Waals surface area contributed by atoms with Gasteiger partial charge in [0.1, 0.15) is 5.52 Å². The molecule has 3 aromatic rings. The third kappa shape index (κ3) is 3.55. The zero-order chi connectivity index (χ0) is 17.3. The average Bonchev–Trinajstić information content (AvgIpc) is 2.89. The lowest BCUT2D eigenvalue weighted by Crippen LogP contribution is -2.13. The van der Waals surface area contributed by atoms with Crippen molar-refractivity contribution in [2.24, 2.45) is 0 Å². The Morgan fingerprint density at radius 2 is 2.00 bits per heavy atom. The van der Waals surface area contributed by atoms with Gasteiger partial charge in [0.2, 0.25) is 5.89 Å². The van der Waals surface area contributed by atoms with Crippen LogP contribution in [0.5, 0.6) is 5.75 Å². The fraction of sp³-hybridized carbons (Fsp3) is 0.235. The number of fused-ring (bicyclic) bond motifs is 1. The van der Waals surface area contributed by atoms with E-state index in [1.165, 1.54) is 6.07 Å². The largest absolute Gasteiger partial charge is 0.436 e. The molecule has 24 heavy (non-hydrogen) atoms. The normalized spacial score (nSPS) is 11.8. The molecule has 0 aliphatic rings. The summed E-state index contributed by atoms with van der Waals surface area (Å²) in [7, 11) is -3.70. The Morgan fingerprint density at radius 3 is 2.75 bits per heavy atom. The Morgan fingerprint density at radius 1 is 1.21 bits per heavy atom. The lowest BCUT2D eigenvalue weighted by atomic mass is 10.2. The quantitative estimate of drug-likeness (QED) is 0.619. The molecular formula is C17H16ClNO4S. The molecule has 0 saturated heterocycles. The van der Waals surface area contributed by atoms with Gasteiger partial charge in [0.05, 0.1) is 11.3 Å². The third-order valence-corrected chi connectivity index (χ3v) is 4.96. The summed E-state index contributed by atoms with van der Waals surface area (Å²) in [5.41, 5.74) is 2.81. The van der Waals surface area contributed by atoms with Gasteiger partial charge in [-0.05, 0) is 43.2 Å². The van der Waals surface area contributed by atoms with Crippen molar-refractivity contribution in [2.45, 2.75) is 20.3 Å². The molecule has 1 aromatic heterocycles. The summed E-state index contributed by atoms with van der Waals surface area (Å²) in [6.07, 6.45) is 0.459. The van der Waals surface area contributed by atoms with Gasteiger partial charge in [0.25, 0.3) is 0 Å². The smallest absolute Gasteiger partial charge is 0.309 e. The minimum atomic E-state index is -3.70. The van der Waals surface area contributed by atoms with Gasteiger partial charge in [0.15, 0.2) is 11.3 Å². The van der Waals surface area contributed by atoms with Crippen LogP contribution in [0.3, 0.4) is 0 Å². The van der Waals surface area contributed by atoms with E-state index in [0.29, 0.717) is 28.1 Å². The van der Waals surface area contributed by atoms with Crippen molar-refractivity contribution in [3.05, 3.63) is 47.0 Å². The van der Waals surface area contributed by atoms with Crippen molar-refractivity contribution in [1.29, 1.82) is 0 Å². The van der Waals surface area contributed by atoms with Gasteiger partial charge in [-0.3, -0.25) is 0 Å². The highest BCUT2D eigenvalue weighted by atomic mass is 35.5.